The van der Waals surface area contributed by atoms with E-state index in [1.807, 2.05) is 7.05 Å². The first-order valence-electron chi connectivity index (χ1n) is 10.1. The number of nitrogens with one attached hydrogen (secondary N) is 1. The summed E-state index contributed by atoms with van der Waals surface area (Å²) in [6, 6.07) is 1.60. The largest absolute Gasteiger partial charge is 0.377 e. The third kappa shape index (κ3) is 5.36. The summed E-state index contributed by atoms with van der Waals surface area (Å²) in [7, 11) is 2.03. The number of nitrogens with zero attached hydrogens (tertiary/aromatic N) is 3. The molecular formula is C20H35N5O3. The molecule has 28 heavy (non-hydrogen) atoms. The predicted molar refractivity (Wildman–Crippen MR) is 106 cm³/mol. The summed E-state index contributed by atoms with van der Waals surface area (Å²) in [6.45, 7) is 10.0. The summed E-state index contributed by atoms with van der Waals surface area (Å²) in [6.07, 6.45) is 1.72. The molecule has 0 bridgehead atoms. The van der Waals surface area contributed by atoms with Crippen LogP contribution in [0.25, 0.3) is 0 Å². The minimum Gasteiger partial charge on any atom is -0.377 e. The molecule has 2 fully saturated rings. The Kier molecular flexibility index (Phi) is 6.94. The highest BCUT2D eigenvalue weighted by atomic mass is 16.5. The highest BCUT2D eigenvalue weighted by Gasteiger charge is 2.44. The van der Waals surface area contributed by atoms with Gasteiger partial charge >= 0.3 is 6.03 Å². The van der Waals surface area contributed by atoms with E-state index in [4.69, 9.17) is 10.5 Å². The van der Waals surface area contributed by atoms with Gasteiger partial charge < -0.3 is 25.6 Å². The number of piperidine rings is 1. The van der Waals surface area contributed by atoms with E-state index in [1.54, 1.807) is 0 Å². The number of nitrogens with two attached hydrogens (primary N) is 1. The molecule has 0 aliphatic carbocycles. The summed E-state index contributed by atoms with van der Waals surface area (Å²) < 4.78 is 5.58. The number of hydrogen-bond donors (Lipinski definition) is 2. The molecule has 0 aromatic heterocycles. The van der Waals surface area contributed by atoms with Gasteiger partial charge in [0.05, 0.1) is 31.2 Å². The number of likely N-dealkylation sites (tertiary alicyclic amines) is 1. The first-order valence-corrected chi connectivity index (χ1v) is 10.1. The van der Waals surface area contributed by atoms with Gasteiger partial charge in [0.2, 0.25) is 5.91 Å². The van der Waals surface area contributed by atoms with Crippen LogP contribution in [0, 0.1) is 22.7 Å². The molecular weight excluding hydrogens is 358 g/mol. The number of hydrogen-bond acceptors (Lipinski definition) is 5. The van der Waals surface area contributed by atoms with E-state index in [9.17, 15) is 14.9 Å². The monoisotopic (exact) mass is 393 g/mol. The first kappa shape index (κ1) is 22.4. The fourth-order valence-corrected chi connectivity index (χ4v) is 4.21. The molecule has 2 saturated heterocycles. The zero-order chi connectivity index (χ0) is 21.1. The van der Waals surface area contributed by atoms with Crippen molar-refractivity contribution in [3.05, 3.63) is 0 Å². The van der Waals surface area contributed by atoms with Gasteiger partial charge in [0.25, 0.3) is 0 Å². The van der Waals surface area contributed by atoms with Gasteiger partial charge in [0, 0.05) is 19.1 Å². The van der Waals surface area contributed by atoms with Crippen LogP contribution in [0.15, 0.2) is 0 Å². The van der Waals surface area contributed by atoms with E-state index >= 15 is 0 Å². The van der Waals surface area contributed by atoms with E-state index in [0.717, 1.165) is 6.54 Å². The van der Waals surface area contributed by atoms with E-state index in [0.29, 0.717) is 32.4 Å². The molecule has 8 heteroatoms. The minimum absolute atomic E-state index is 0.136. The number of carbonyl (C=O) groups excluding carboxylic acids is 2. The van der Waals surface area contributed by atoms with Gasteiger partial charge in [0.15, 0.2) is 0 Å². The molecule has 2 aliphatic rings. The molecule has 3 amide bonds. The van der Waals surface area contributed by atoms with Crippen molar-refractivity contribution in [2.45, 2.75) is 64.6 Å². The normalized spacial score (nSPS) is 30.4. The second-order valence-electron chi connectivity index (χ2n) is 9.51. The smallest absolute Gasteiger partial charge is 0.315 e. The van der Waals surface area contributed by atoms with Crippen LogP contribution in [-0.4, -0.2) is 72.7 Å². The Labute approximate surface area is 168 Å². The van der Waals surface area contributed by atoms with Gasteiger partial charge in [-0.3, -0.25) is 4.79 Å². The van der Waals surface area contributed by atoms with Gasteiger partial charge in [-0.1, -0.05) is 20.8 Å². The highest BCUT2D eigenvalue weighted by Crippen LogP contribution is 2.32. The third-order valence-corrected chi connectivity index (χ3v) is 5.95. The maximum atomic E-state index is 13.4. The van der Waals surface area contributed by atoms with E-state index in [-0.39, 0.29) is 24.0 Å². The first-order chi connectivity index (χ1) is 13.0. The summed E-state index contributed by atoms with van der Waals surface area (Å²) in [5.74, 6) is -0.692. The van der Waals surface area contributed by atoms with Crippen LogP contribution >= 0.6 is 0 Å². The van der Waals surface area contributed by atoms with Crippen molar-refractivity contribution in [1.29, 1.82) is 5.26 Å². The lowest BCUT2D eigenvalue weighted by Crippen LogP contribution is -2.61. The highest BCUT2D eigenvalue weighted by molar-refractivity contribution is 5.82. The molecule has 4 atom stereocenters. The van der Waals surface area contributed by atoms with Gasteiger partial charge in [0.1, 0.15) is 5.54 Å². The zero-order valence-electron chi connectivity index (χ0n) is 17.8. The number of amides is 3. The molecule has 158 valence electrons. The van der Waals surface area contributed by atoms with Gasteiger partial charge in [-0.25, -0.2) is 4.79 Å². The van der Waals surface area contributed by atoms with Crippen molar-refractivity contribution < 1.29 is 14.3 Å². The van der Waals surface area contributed by atoms with Crippen LogP contribution in [0.4, 0.5) is 4.79 Å². The van der Waals surface area contributed by atoms with Crippen molar-refractivity contribution in [3.8, 4) is 6.07 Å². The van der Waals surface area contributed by atoms with Gasteiger partial charge in [-0.2, -0.15) is 5.26 Å². The number of urea groups is 1. The molecule has 0 saturated carbocycles. The van der Waals surface area contributed by atoms with Crippen LogP contribution in [0.2, 0.25) is 0 Å². The number of primary amides is 1. The van der Waals surface area contributed by atoms with E-state index in [1.165, 1.54) is 4.90 Å². The second-order valence-corrected chi connectivity index (χ2v) is 9.51. The Morgan fingerprint density at radius 1 is 1.39 bits per heavy atom. The maximum Gasteiger partial charge on any atom is 0.315 e. The fraction of sp³-hybridized carbons (Fsp3) is 0.850. The van der Waals surface area contributed by atoms with Crippen LogP contribution < -0.4 is 11.1 Å². The second kappa shape index (κ2) is 8.66. The molecule has 0 aromatic carbocycles. The molecule has 0 radical (unpaired) electrons. The molecule has 8 nitrogen and oxygen atoms in total. The molecule has 2 heterocycles. The lowest BCUT2D eigenvalue weighted by Gasteiger charge is -2.44. The van der Waals surface area contributed by atoms with Crippen molar-refractivity contribution in [2.75, 3.05) is 33.4 Å². The molecule has 4 unspecified atom stereocenters. The number of ether oxygens (including phenoxy) is 1. The summed E-state index contributed by atoms with van der Waals surface area (Å²) in [5, 5.41) is 12.9. The summed E-state index contributed by atoms with van der Waals surface area (Å²) in [4.78, 5) is 29.1. The van der Waals surface area contributed by atoms with Crippen LogP contribution in [0.1, 0.15) is 47.0 Å². The van der Waals surface area contributed by atoms with E-state index in [2.05, 4.69) is 44.0 Å². The summed E-state index contributed by atoms with van der Waals surface area (Å²) >= 11 is 0. The number of carbonyl (C=O) groups is 2. The third-order valence-electron chi connectivity index (χ3n) is 5.95. The van der Waals surface area contributed by atoms with Crippen LogP contribution in [-0.2, 0) is 9.53 Å². The number of morpholine rings is 1. The van der Waals surface area contributed by atoms with Crippen LogP contribution in [0.5, 0.6) is 0 Å². The fourth-order valence-electron chi connectivity index (χ4n) is 4.21. The minimum atomic E-state index is -0.883. The lowest BCUT2D eigenvalue weighted by molar-refractivity contribution is -0.132. The number of rotatable bonds is 4. The Hall–Kier alpha value is -1.85. The topological polar surface area (TPSA) is 112 Å². The molecule has 2 rings (SSSR count). The number of nitriles is 1. The predicted octanol–water partition coefficient (Wildman–Crippen LogP) is 1.31. The Morgan fingerprint density at radius 2 is 2.07 bits per heavy atom. The van der Waals surface area contributed by atoms with Crippen molar-refractivity contribution in [1.82, 2.24) is 15.1 Å². The summed E-state index contributed by atoms with van der Waals surface area (Å²) in [5.41, 5.74) is 4.55. The maximum absolute atomic E-state index is 13.4. The van der Waals surface area contributed by atoms with Crippen molar-refractivity contribution in [2.24, 2.45) is 17.1 Å². The van der Waals surface area contributed by atoms with Gasteiger partial charge in [-0.15, -0.1) is 0 Å². The average molecular weight is 394 g/mol. The molecule has 3 N–H and O–H groups in total. The Morgan fingerprint density at radius 3 is 2.61 bits per heavy atom. The van der Waals surface area contributed by atoms with Crippen molar-refractivity contribution in [3.63, 3.8) is 0 Å². The molecule has 0 spiro atoms. The Balaban J connectivity index is 2.26. The lowest BCUT2D eigenvalue weighted by atomic mass is 9.78. The average Bonchev–Trinajstić information content (AvgIpc) is 2.62. The zero-order valence-corrected chi connectivity index (χ0v) is 17.8. The quantitative estimate of drug-likeness (QED) is 0.748. The van der Waals surface area contributed by atoms with E-state index < -0.39 is 23.5 Å². The SMILES string of the molecule is CC1CC(C#N)(NC(=O)C(CC(C)(C)C)C2COCCN2C(N)=O)CCN1C. The van der Waals surface area contributed by atoms with Crippen LogP contribution in [0.3, 0.4) is 0 Å². The van der Waals surface area contributed by atoms with Gasteiger partial charge in [-0.05, 0) is 38.6 Å². The Bertz CT molecular complexity index is 626. The molecule has 2 aliphatic heterocycles. The van der Waals surface area contributed by atoms with Crippen molar-refractivity contribution >= 4 is 11.9 Å². The standard InChI is InChI=1S/C20H35N5O3/c1-14-10-20(13-21,6-7-24(14)5)23-17(26)15(11-19(2,3)4)16-12-28-9-8-25(16)18(22)27/h14-16H,6-12H2,1-5H3,(H2,22,27)(H,23,26). The molecule has 0 aromatic rings.